The molecule has 0 aliphatic carbocycles. The number of nitrogens with zero attached hydrogens (tertiary/aromatic N) is 4. The summed E-state index contributed by atoms with van der Waals surface area (Å²) in [5.41, 5.74) is 5.57. The van der Waals surface area contributed by atoms with Crippen molar-refractivity contribution >= 4 is 34.9 Å². The Morgan fingerprint density at radius 2 is 2.21 bits per heavy atom. The Bertz CT molecular complexity index is 366. The number of amidine groups is 1. The summed E-state index contributed by atoms with van der Waals surface area (Å²) in [6.07, 6.45) is 1.51. The van der Waals surface area contributed by atoms with Gasteiger partial charge < -0.3 is 5.73 Å². The van der Waals surface area contributed by atoms with E-state index in [1.807, 2.05) is 0 Å². The van der Waals surface area contributed by atoms with E-state index < -0.39 is 0 Å². The molecule has 2 aliphatic rings. The first-order valence-corrected chi connectivity index (χ1v) is 5.23. The minimum Gasteiger partial charge on any atom is -0.368 e. The van der Waals surface area contributed by atoms with Crippen molar-refractivity contribution in [3.63, 3.8) is 0 Å². The van der Waals surface area contributed by atoms with Crippen LogP contribution >= 0.6 is 11.8 Å². The summed E-state index contributed by atoms with van der Waals surface area (Å²) < 4.78 is 0. The van der Waals surface area contributed by atoms with E-state index in [1.54, 1.807) is 11.8 Å². The van der Waals surface area contributed by atoms with Crippen LogP contribution in [0, 0.1) is 0 Å². The van der Waals surface area contributed by atoms with Crippen LogP contribution in [-0.4, -0.2) is 34.5 Å². The average Bonchev–Trinajstić information content (AvgIpc) is 2.50. The average molecular weight is 209 g/mol. The Hall–Kier alpha value is -1.17. The number of guanidine groups is 1. The summed E-state index contributed by atoms with van der Waals surface area (Å²) in [5, 5.41) is 1.34. The Kier molecular flexibility index (Phi) is 2.37. The smallest absolute Gasteiger partial charge is 0.222 e. The fourth-order valence-corrected chi connectivity index (χ4v) is 2.13. The van der Waals surface area contributed by atoms with E-state index in [2.05, 4.69) is 33.8 Å². The van der Waals surface area contributed by atoms with Crippen LogP contribution in [0.1, 0.15) is 13.8 Å². The third-order valence-corrected chi connectivity index (χ3v) is 2.72. The highest BCUT2D eigenvalue weighted by Gasteiger charge is 2.28. The number of rotatable bonds is 1. The monoisotopic (exact) mass is 209 g/mol. The van der Waals surface area contributed by atoms with Crippen LogP contribution < -0.4 is 5.73 Å². The predicted octanol–water partition coefficient (Wildman–Crippen LogP) is 0.664. The van der Waals surface area contributed by atoms with Crippen molar-refractivity contribution in [3.05, 3.63) is 0 Å². The second-order valence-electron chi connectivity index (χ2n) is 3.24. The molecule has 1 unspecified atom stereocenters. The van der Waals surface area contributed by atoms with Crippen LogP contribution in [0.15, 0.2) is 20.0 Å². The molecule has 0 aromatic rings. The van der Waals surface area contributed by atoms with Crippen LogP contribution in [-0.2, 0) is 0 Å². The second kappa shape index (κ2) is 3.53. The van der Waals surface area contributed by atoms with Gasteiger partial charge in [-0.05, 0) is 0 Å². The summed E-state index contributed by atoms with van der Waals surface area (Å²) in [6, 6.07) is -0.116. The molecule has 2 aliphatic heterocycles. The molecule has 0 fully saturated rings. The molecule has 0 saturated carbocycles. The predicted molar refractivity (Wildman–Crippen MR) is 61.5 cm³/mol. The van der Waals surface area contributed by atoms with Gasteiger partial charge in [-0.25, -0.2) is 9.98 Å². The highest BCUT2D eigenvalue weighted by molar-refractivity contribution is 8.14. The largest absolute Gasteiger partial charge is 0.368 e. The lowest BCUT2D eigenvalue weighted by Gasteiger charge is -2.16. The molecule has 0 spiro atoms. The van der Waals surface area contributed by atoms with E-state index >= 15 is 0 Å². The van der Waals surface area contributed by atoms with Gasteiger partial charge in [0.2, 0.25) is 5.96 Å². The van der Waals surface area contributed by atoms with E-state index in [1.165, 1.54) is 6.34 Å². The van der Waals surface area contributed by atoms with Gasteiger partial charge in [0.25, 0.3) is 0 Å². The standard InChI is InChI=1S/C8H11N5S/c1-4(2)14-7-5-6(11-3-10-5)12-8(9)13-7/h3-5H,1-2H3,(H2,9,10,11,12). The molecule has 74 valence electrons. The summed E-state index contributed by atoms with van der Waals surface area (Å²) >= 11 is 1.65. The van der Waals surface area contributed by atoms with E-state index in [-0.39, 0.29) is 12.0 Å². The number of nitrogens with two attached hydrogens (primary N) is 1. The molecule has 6 heteroatoms. The molecule has 2 rings (SSSR count). The third kappa shape index (κ3) is 1.70. The van der Waals surface area contributed by atoms with Crippen molar-refractivity contribution < 1.29 is 0 Å². The van der Waals surface area contributed by atoms with E-state index in [9.17, 15) is 0 Å². The Balaban J connectivity index is 2.26. The molecular weight excluding hydrogens is 198 g/mol. The molecule has 14 heavy (non-hydrogen) atoms. The van der Waals surface area contributed by atoms with Crippen molar-refractivity contribution in [1.29, 1.82) is 0 Å². The summed E-state index contributed by atoms with van der Waals surface area (Å²) in [4.78, 5) is 16.4. The van der Waals surface area contributed by atoms with Gasteiger partial charge in [0, 0.05) is 5.25 Å². The summed E-state index contributed by atoms with van der Waals surface area (Å²) in [5.74, 6) is 0.925. The van der Waals surface area contributed by atoms with Gasteiger partial charge in [-0.1, -0.05) is 13.8 Å². The maximum atomic E-state index is 5.57. The van der Waals surface area contributed by atoms with Gasteiger partial charge >= 0.3 is 0 Å². The van der Waals surface area contributed by atoms with Gasteiger partial charge in [-0.2, -0.15) is 4.99 Å². The third-order valence-electron chi connectivity index (χ3n) is 1.69. The van der Waals surface area contributed by atoms with Crippen LogP contribution in [0.25, 0.3) is 0 Å². The minimum absolute atomic E-state index is 0.116. The first-order chi connectivity index (χ1) is 6.66. The van der Waals surface area contributed by atoms with Gasteiger partial charge in [0.05, 0.1) is 0 Å². The topological polar surface area (TPSA) is 75.5 Å². The van der Waals surface area contributed by atoms with Gasteiger partial charge in [-0.3, -0.25) is 4.99 Å². The molecule has 0 aromatic heterocycles. The maximum Gasteiger partial charge on any atom is 0.222 e. The Morgan fingerprint density at radius 1 is 1.43 bits per heavy atom. The lowest BCUT2D eigenvalue weighted by molar-refractivity contribution is 1.11. The quantitative estimate of drug-likeness (QED) is 0.689. The lowest BCUT2D eigenvalue weighted by atomic mass is 10.3. The van der Waals surface area contributed by atoms with Gasteiger partial charge in [0.15, 0.2) is 11.9 Å². The first-order valence-electron chi connectivity index (χ1n) is 4.35. The summed E-state index contributed by atoms with van der Waals surface area (Å²) in [7, 11) is 0. The highest BCUT2D eigenvalue weighted by Crippen LogP contribution is 2.21. The second-order valence-corrected chi connectivity index (χ2v) is 4.84. The normalized spacial score (nSPS) is 24.5. The number of aliphatic imine (C=N–C) groups is 4. The van der Waals surface area contributed by atoms with Crippen LogP contribution in [0.2, 0.25) is 0 Å². The fraction of sp³-hybridized carbons (Fsp3) is 0.500. The number of hydrogen-bond donors (Lipinski definition) is 1. The zero-order valence-electron chi connectivity index (χ0n) is 8.01. The molecule has 0 saturated heterocycles. The molecule has 1 atom stereocenters. The molecule has 0 amide bonds. The van der Waals surface area contributed by atoms with Crippen molar-refractivity contribution in [2.45, 2.75) is 25.1 Å². The number of thioether (sulfide) groups is 1. The van der Waals surface area contributed by atoms with Crippen LogP contribution in [0.4, 0.5) is 0 Å². The minimum atomic E-state index is -0.116. The van der Waals surface area contributed by atoms with Gasteiger partial charge in [0.1, 0.15) is 11.4 Å². The highest BCUT2D eigenvalue weighted by atomic mass is 32.2. The molecule has 0 bridgehead atoms. The van der Waals surface area contributed by atoms with E-state index in [0.29, 0.717) is 11.1 Å². The van der Waals surface area contributed by atoms with Crippen LogP contribution in [0.3, 0.4) is 0 Å². The molecular formula is C8H11N5S. The Labute approximate surface area is 86.3 Å². The molecule has 0 aromatic carbocycles. The molecule has 5 nitrogen and oxygen atoms in total. The fourth-order valence-electron chi connectivity index (χ4n) is 1.21. The molecule has 2 heterocycles. The van der Waals surface area contributed by atoms with E-state index in [4.69, 9.17) is 5.73 Å². The first kappa shape index (κ1) is 9.39. The van der Waals surface area contributed by atoms with Crippen molar-refractivity contribution in [2.24, 2.45) is 25.7 Å². The maximum absolute atomic E-state index is 5.57. The number of hydrogen-bond acceptors (Lipinski definition) is 6. The zero-order valence-corrected chi connectivity index (χ0v) is 8.82. The Morgan fingerprint density at radius 3 is 2.93 bits per heavy atom. The SMILES string of the molecule is CC(C)SC1=NC(N)=NC2=NC=NC21. The van der Waals surface area contributed by atoms with E-state index in [0.717, 1.165) is 5.04 Å². The zero-order chi connectivity index (χ0) is 10.1. The number of fused-ring (bicyclic) bond motifs is 1. The van der Waals surface area contributed by atoms with Crippen molar-refractivity contribution in [1.82, 2.24) is 0 Å². The van der Waals surface area contributed by atoms with Crippen molar-refractivity contribution in [3.8, 4) is 0 Å². The lowest BCUT2D eigenvalue weighted by Crippen LogP contribution is -2.32. The van der Waals surface area contributed by atoms with Crippen LogP contribution in [0.5, 0.6) is 0 Å². The summed E-state index contributed by atoms with van der Waals surface area (Å²) in [6.45, 7) is 4.20. The molecule has 0 radical (unpaired) electrons. The van der Waals surface area contributed by atoms with Gasteiger partial charge in [-0.15, -0.1) is 11.8 Å². The molecule has 2 N–H and O–H groups in total. The van der Waals surface area contributed by atoms with Crippen molar-refractivity contribution in [2.75, 3.05) is 0 Å².